The molecule has 36 heavy (non-hydrogen) atoms. The van der Waals surface area contributed by atoms with Gasteiger partial charge in [-0.1, -0.05) is 24.3 Å². The molecule has 0 spiro atoms. The van der Waals surface area contributed by atoms with Gasteiger partial charge in [-0.3, -0.25) is 9.59 Å². The third kappa shape index (κ3) is 4.64. The van der Waals surface area contributed by atoms with Gasteiger partial charge >= 0.3 is 6.18 Å². The summed E-state index contributed by atoms with van der Waals surface area (Å²) in [7, 11) is 0. The number of carbonyl (C=O) groups excluding carboxylic acids is 2. The third-order valence-electron chi connectivity index (χ3n) is 5.95. The van der Waals surface area contributed by atoms with E-state index in [9.17, 15) is 22.8 Å². The second kappa shape index (κ2) is 9.27. The number of rotatable bonds is 4. The zero-order valence-corrected chi connectivity index (χ0v) is 19.6. The number of anilines is 1. The normalized spacial score (nSPS) is 14.0. The zero-order valence-electron chi connectivity index (χ0n) is 18.8. The number of hydrogen-bond acceptors (Lipinski definition) is 5. The summed E-state index contributed by atoms with van der Waals surface area (Å²) < 4.78 is 45.3. The minimum absolute atomic E-state index is 0.00732. The molecule has 2 heterocycles. The van der Waals surface area contributed by atoms with Crippen molar-refractivity contribution in [3.63, 3.8) is 0 Å². The van der Waals surface area contributed by atoms with Crippen LogP contribution in [0, 0.1) is 0 Å². The first-order valence-electron chi connectivity index (χ1n) is 11.2. The summed E-state index contributed by atoms with van der Waals surface area (Å²) in [6.45, 7) is 0. The lowest BCUT2D eigenvalue weighted by atomic mass is 9.95. The van der Waals surface area contributed by atoms with Crippen molar-refractivity contribution in [3.05, 3.63) is 87.3 Å². The number of amides is 2. The molecule has 3 N–H and O–H groups in total. The summed E-state index contributed by atoms with van der Waals surface area (Å²) in [6.07, 6.45) is -1.08. The topological polar surface area (TPSA) is 97.7 Å². The minimum Gasteiger partial charge on any atom is -0.437 e. The minimum atomic E-state index is -4.55. The quantitative estimate of drug-likeness (QED) is 0.353. The van der Waals surface area contributed by atoms with Gasteiger partial charge in [0.2, 0.25) is 5.55 Å². The Hall–Kier alpha value is -3.92. The summed E-state index contributed by atoms with van der Waals surface area (Å²) in [5.41, 5.74) is 6.36. The fraction of sp³-hybridized carbons (Fsp3) is 0.192. The average molecular weight is 512 g/mol. The zero-order chi connectivity index (χ0) is 25.4. The molecule has 0 radical (unpaired) electrons. The standard InChI is InChI=1S/C26H20F3N3O3S/c27-26(28,29)15-7-5-8-16(13-15)31-23(34)18-12-14-6-1-3-10-19(14)35-24(18)32-25-21(22(30)33)17-9-2-4-11-20(17)36-25/h1,3,5-8,10,12-13H,2,4,9,11H2,(H2,30,33)(H,31,34). The van der Waals surface area contributed by atoms with Gasteiger partial charge < -0.3 is 15.5 Å². The highest BCUT2D eigenvalue weighted by Crippen LogP contribution is 2.39. The van der Waals surface area contributed by atoms with Gasteiger partial charge in [-0.25, -0.2) is 4.99 Å². The Balaban J connectivity index is 1.64. The van der Waals surface area contributed by atoms with Crippen LogP contribution in [-0.2, 0) is 19.0 Å². The van der Waals surface area contributed by atoms with E-state index in [1.165, 1.54) is 23.5 Å². The lowest BCUT2D eigenvalue weighted by Crippen LogP contribution is -2.22. The largest absolute Gasteiger partial charge is 0.437 e. The molecular weight excluding hydrogens is 491 g/mol. The second-order valence-corrected chi connectivity index (χ2v) is 9.49. The fourth-order valence-electron chi connectivity index (χ4n) is 4.26. The van der Waals surface area contributed by atoms with E-state index in [-0.39, 0.29) is 16.8 Å². The first-order chi connectivity index (χ1) is 17.2. The lowest BCUT2D eigenvalue weighted by molar-refractivity contribution is -0.137. The maximum Gasteiger partial charge on any atom is 0.416 e. The van der Waals surface area contributed by atoms with E-state index in [4.69, 9.17) is 10.2 Å². The van der Waals surface area contributed by atoms with Gasteiger partial charge in [0.25, 0.3) is 11.8 Å². The first kappa shape index (κ1) is 23.8. The van der Waals surface area contributed by atoms with Crippen molar-refractivity contribution in [3.8, 4) is 0 Å². The van der Waals surface area contributed by atoms with Gasteiger partial charge in [0.15, 0.2) is 0 Å². The van der Waals surface area contributed by atoms with Crippen LogP contribution in [0.1, 0.15) is 49.6 Å². The van der Waals surface area contributed by atoms with Crippen LogP contribution in [0.5, 0.6) is 0 Å². The number of para-hydroxylation sites is 1. The molecule has 2 amide bonds. The molecule has 2 aromatic heterocycles. The summed E-state index contributed by atoms with van der Waals surface area (Å²) in [4.78, 5) is 31.1. The Labute approximate surface area is 207 Å². The Kier molecular flexibility index (Phi) is 6.13. The van der Waals surface area contributed by atoms with Crippen LogP contribution in [0.3, 0.4) is 0 Å². The molecule has 0 saturated heterocycles. The molecule has 0 unspecified atom stereocenters. The summed E-state index contributed by atoms with van der Waals surface area (Å²) in [5, 5.41) is 3.45. The van der Waals surface area contributed by atoms with Crippen molar-refractivity contribution in [2.24, 2.45) is 10.7 Å². The van der Waals surface area contributed by atoms with Gasteiger partial charge in [0.05, 0.1) is 11.1 Å². The van der Waals surface area contributed by atoms with Gasteiger partial charge in [0.1, 0.15) is 16.1 Å². The smallest absolute Gasteiger partial charge is 0.416 e. The highest BCUT2D eigenvalue weighted by Gasteiger charge is 2.30. The fourth-order valence-corrected chi connectivity index (χ4v) is 5.52. The van der Waals surface area contributed by atoms with Crippen molar-refractivity contribution in [2.45, 2.75) is 31.9 Å². The molecule has 1 aliphatic carbocycles. The van der Waals surface area contributed by atoms with E-state index >= 15 is 0 Å². The van der Waals surface area contributed by atoms with E-state index in [2.05, 4.69) is 10.3 Å². The number of thiophene rings is 1. The molecule has 0 fully saturated rings. The Morgan fingerprint density at radius 2 is 1.81 bits per heavy atom. The Bertz CT molecular complexity index is 1570. The van der Waals surface area contributed by atoms with Crippen LogP contribution < -0.4 is 16.6 Å². The molecule has 6 nitrogen and oxygen atoms in total. The van der Waals surface area contributed by atoms with Crippen molar-refractivity contribution in [1.82, 2.24) is 0 Å². The van der Waals surface area contributed by atoms with Crippen LogP contribution in [0.2, 0.25) is 0 Å². The number of hydrogen-bond donors (Lipinski definition) is 2. The molecule has 184 valence electrons. The summed E-state index contributed by atoms with van der Waals surface area (Å²) in [5.74, 6) is -1.31. The van der Waals surface area contributed by atoms with Gasteiger partial charge in [-0.2, -0.15) is 13.2 Å². The first-order valence-corrected chi connectivity index (χ1v) is 12.0. The molecule has 0 saturated carbocycles. The van der Waals surface area contributed by atoms with E-state index in [1.807, 2.05) is 0 Å². The van der Waals surface area contributed by atoms with Crippen molar-refractivity contribution in [2.75, 3.05) is 5.32 Å². The number of fused-ring (bicyclic) bond motifs is 2. The van der Waals surface area contributed by atoms with Crippen molar-refractivity contribution >= 4 is 44.8 Å². The Morgan fingerprint density at radius 1 is 1.03 bits per heavy atom. The highest BCUT2D eigenvalue weighted by molar-refractivity contribution is 7.16. The van der Waals surface area contributed by atoms with Crippen LogP contribution in [0.25, 0.3) is 11.0 Å². The van der Waals surface area contributed by atoms with Crippen molar-refractivity contribution in [1.29, 1.82) is 0 Å². The molecule has 2 aromatic carbocycles. The number of benzene rings is 2. The number of primary amides is 1. The predicted octanol–water partition coefficient (Wildman–Crippen LogP) is 5.98. The van der Waals surface area contributed by atoms with Gasteiger partial charge in [0, 0.05) is 16.0 Å². The molecule has 0 bridgehead atoms. The molecular formula is C26H20F3N3O3S. The van der Waals surface area contributed by atoms with Crippen LogP contribution in [0.4, 0.5) is 23.9 Å². The van der Waals surface area contributed by atoms with Crippen LogP contribution >= 0.6 is 11.3 Å². The van der Waals surface area contributed by atoms with Crippen LogP contribution in [-0.4, -0.2) is 11.8 Å². The molecule has 5 rings (SSSR count). The maximum absolute atomic E-state index is 13.2. The predicted molar refractivity (Wildman–Crippen MR) is 130 cm³/mol. The van der Waals surface area contributed by atoms with Gasteiger partial charge in [-0.15, -0.1) is 11.3 Å². The molecule has 4 aromatic rings. The number of carbonyl (C=O) groups is 2. The molecule has 0 atom stereocenters. The number of nitrogens with two attached hydrogens (primary N) is 1. The number of nitrogens with zero attached hydrogens (tertiary/aromatic N) is 1. The number of halogens is 3. The van der Waals surface area contributed by atoms with Crippen molar-refractivity contribution < 1.29 is 27.2 Å². The SMILES string of the molecule is NC(=O)c1c(N=c2oc3ccccc3cc2C(=O)Nc2cccc(C(F)(F)F)c2)sc2c1CCCC2. The van der Waals surface area contributed by atoms with E-state index in [0.717, 1.165) is 48.3 Å². The van der Waals surface area contributed by atoms with E-state index < -0.39 is 23.6 Å². The second-order valence-electron chi connectivity index (χ2n) is 8.40. The molecule has 0 aliphatic heterocycles. The van der Waals surface area contributed by atoms with E-state index in [0.29, 0.717) is 21.5 Å². The summed E-state index contributed by atoms with van der Waals surface area (Å²) in [6, 6.07) is 12.9. The maximum atomic E-state index is 13.2. The molecule has 1 aliphatic rings. The van der Waals surface area contributed by atoms with Crippen LogP contribution in [0.15, 0.2) is 64.0 Å². The number of alkyl halides is 3. The monoisotopic (exact) mass is 511 g/mol. The molecule has 10 heteroatoms. The average Bonchev–Trinajstić information content (AvgIpc) is 3.21. The Morgan fingerprint density at radius 3 is 2.58 bits per heavy atom. The van der Waals surface area contributed by atoms with E-state index in [1.54, 1.807) is 30.3 Å². The summed E-state index contributed by atoms with van der Waals surface area (Å²) >= 11 is 1.34. The number of nitrogens with one attached hydrogen (secondary N) is 1. The van der Waals surface area contributed by atoms with Gasteiger partial charge in [-0.05, 0) is 61.6 Å². The third-order valence-corrected chi connectivity index (χ3v) is 7.14. The highest BCUT2D eigenvalue weighted by atomic mass is 32.1. The number of aryl methyl sites for hydroxylation is 1. The lowest BCUT2D eigenvalue weighted by Gasteiger charge is -2.11.